The van der Waals surface area contributed by atoms with Gasteiger partial charge in [0.25, 0.3) is 0 Å². The molecule has 2 nitrogen and oxygen atoms in total. The topological polar surface area (TPSA) is 17.8 Å². The van der Waals surface area contributed by atoms with Crippen LogP contribution in [0.1, 0.15) is 0 Å². The van der Waals surface area contributed by atoms with Crippen molar-refractivity contribution >= 4 is 20.1 Å². The van der Waals surface area contributed by atoms with E-state index in [-0.39, 0.29) is 0 Å². The Morgan fingerprint density at radius 2 is 2.25 bits per heavy atom. The van der Waals surface area contributed by atoms with Crippen molar-refractivity contribution in [1.82, 2.24) is 7.76 Å². The standard InChI is InChI=1S/C5H9IN2/c1-6(2)8-4-3-7-5-8/h3-5H,1-2H3. The maximum absolute atomic E-state index is 3.95. The van der Waals surface area contributed by atoms with Gasteiger partial charge in [0, 0.05) is 0 Å². The quantitative estimate of drug-likeness (QED) is 0.521. The monoisotopic (exact) mass is 224 g/mol. The first kappa shape index (κ1) is 6.07. The summed E-state index contributed by atoms with van der Waals surface area (Å²) in [5, 5.41) is 0. The van der Waals surface area contributed by atoms with Crippen LogP contribution in [-0.2, 0) is 0 Å². The van der Waals surface area contributed by atoms with Gasteiger partial charge in [-0.15, -0.1) is 0 Å². The molecule has 0 amide bonds. The Morgan fingerprint density at radius 3 is 2.50 bits per heavy atom. The fourth-order valence-corrected chi connectivity index (χ4v) is 1.87. The molecule has 8 heavy (non-hydrogen) atoms. The predicted molar refractivity (Wildman–Crippen MR) is 43.5 cm³/mol. The molecule has 0 radical (unpaired) electrons. The van der Waals surface area contributed by atoms with Crippen molar-refractivity contribution in [2.24, 2.45) is 0 Å². The number of nitrogens with zero attached hydrogens (tertiary/aromatic N) is 2. The molecule has 0 bridgehead atoms. The van der Waals surface area contributed by atoms with E-state index in [1.54, 1.807) is 0 Å². The second kappa shape index (κ2) is 2.48. The Hall–Kier alpha value is -0.0600. The predicted octanol–water partition coefficient (Wildman–Crippen LogP) is 1.41. The molecule has 0 spiro atoms. The third kappa shape index (κ3) is 1.21. The van der Waals surface area contributed by atoms with Crippen molar-refractivity contribution in [3.8, 4) is 0 Å². The zero-order chi connectivity index (χ0) is 5.98. The molecule has 0 aliphatic carbocycles. The molecule has 1 heterocycles. The molecular formula is C5H9IN2. The van der Waals surface area contributed by atoms with Gasteiger partial charge in [-0.2, -0.15) is 0 Å². The second-order valence-electron chi connectivity index (χ2n) is 1.62. The van der Waals surface area contributed by atoms with E-state index in [2.05, 4.69) is 17.6 Å². The Morgan fingerprint density at radius 1 is 1.50 bits per heavy atom. The number of aromatic nitrogens is 2. The number of imidazole rings is 1. The van der Waals surface area contributed by atoms with E-state index in [0.717, 1.165) is 0 Å². The molecule has 0 atom stereocenters. The van der Waals surface area contributed by atoms with Gasteiger partial charge in [-0.1, -0.05) is 0 Å². The molecule has 0 aliphatic heterocycles. The normalized spacial score (nSPS) is 11.5. The summed E-state index contributed by atoms with van der Waals surface area (Å²) in [6.45, 7) is 0. The van der Waals surface area contributed by atoms with Gasteiger partial charge in [0.05, 0.1) is 0 Å². The zero-order valence-electron chi connectivity index (χ0n) is 5.00. The summed E-state index contributed by atoms with van der Waals surface area (Å²) in [5.74, 6) is 0. The number of halogens is 1. The summed E-state index contributed by atoms with van der Waals surface area (Å²) in [4.78, 5) is 8.51. The van der Waals surface area contributed by atoms with Crippen molar-refractivity contribution in [1.29, 1.82) is 0 Å². The van der Waals surface area contributed by atoms with Crippen LogP contribution in [0.25, 0.3) is 0 Å². The average molecular weight is 224 g/mol. The summed E-state index contributed by atoms with van der Waals surface area (Å²) < 4.78 is 2.21. The van der Waals surface area contributed by atoms with Gasteiger partial charge in [0.2, 0.25) is 0 Å². The summed E-state index contributed by atoms with van der Waals surface area (Å²) in [6, 6.07) is 0. The molecule has 0 aliphatic rings. The fraction of sp³-hybridized carbons (Fsp3) is 0.400. The molecule has 1 aromatic rings. The molecule has 0 saturated carbocycles. The number of hydrogen-bond acceptors (Lipinski definition) is 1. The molecule has 1 aromatic heterocycles. The van der Waals surface area contributed by atoms with Crippen molar-refractivity contribution in [3.63, 3.8) is 0 Å². The van der Waals surface area contributed by atoms with Gasteiger partial charge in [-0.05, 0) is 0 Å². The van der Waals surface area contributed by atoms with Crippen LogP contribution in [0.15, 0.2) is 18.7 Å². The molecule has 46 valence electrons. The van der Waals surface area contributed by atoms with Crippen LogP contribution in [0, 0.1) is 0 Å². The Labute approximate surface area is 56.7 Å². The SMILES string of the molecule is CI(C)n1ccnc1. The molecular weight excluding hydrogens is 215 g/mol. The minimum absolute atomic E-state index is 0.775. The Balaban J connectivity index is 2.77. The minimum atomic E-state index is -0.775. The fourth-order valence-electron chi connectivity index (χ4n) is 0.443. The van der Waals surface area contributed by atoms with Gasteiger partial charge >= 0.3 is 56.4 Å². The van der Waals surface area contributed by atoms with Gasteiger partial charge in [-0.25, -0.2) is 0 Å². The van der Waals surface area contributed by atoms with E-state index < -0.39 is 20.1 Å². The third-order valence-electron chi connectivity index (χ3n) is 0.862. The van der Waals surface area contributed by atoms with Crippen LogP contribution in [0.4, 0.5) is 0 Å². The number of rotatable bonds is 1. The first-order valence-corrected chi connectivity index (χ1v) is 7.57. The van der Waals surface area contributed by atoms with Crippen LogP contribution >= 0.6 is 20.1 Å². The maximum atomic E-state index is 3.95. The Bertz CT molecular complexity index is 145. The first-order chi connectivity index (χ1) is 3.80. The molecule has 1 rings (SSSR count). The third-order valence-corrected chi connectivity index (χ3v) is 3.66. The van der Waals surface area contributed by atoms with Crippen molar-refractivity contribution in [2.45, 2.75) is 0 Å². The van der Waals surface area contributed by atoms with E-state index >= 15 is 0 Å². The number of hydrogen-bond donors (Lipinski definition) is 0. The molecule has 0 N–H and O–H groups in total. The van der Waals surface area contributed by atoms with Gasteiger partial charge in [0.1, 0.15) is 0 Å². The van der Waals surface area contributed by atoms with Crippen LogP contribution in [0.3, 0.4) is 0 Å². The van der Waals surface area contributed by atoms with E-state index in [0.29, 0.717) is 0 Å². The van der Waals surface area contributed by atoms with Crippen LogP contribution in [0.2, 0.25) is 0 Å². The van der Waals surface area contributed by atoms with Gasteiger partial charge in [0.15, 0.2) is 0 Å². The van der Waals surface area contributed by atoms with Crippen molar-refractivity contribution in [3.05, 3.63) is 18.7 Å². The first-order valence-electron chi connectivity index (χ1n) is 2.29. The summed E-state index contributed by atoms with van der Waals surface area (Å²) in [7, 11) is 0. The Kier molecular flexibility index (Phi) is 1.88. The van der Waals surface area contributed by atoms with Crippen molar-refractivity contribution < 1.29 is 0 Å². The van der Waals surface area contributed by atoms with Gasteiger partial charge in [-0.3, -0.25) is 0 Å². The summed E-state index contributed by atoms with van der Waals surface area (Å²) >= 11 is -0.775. The van der Waals surface area contributed by atoms with Crippen LogP contribution < -0.4 is 0 Å². The van der Waals surface area contributed by atoms with E-state index in [1.165, 1.54) is 0 Å². The molecule has 0 saturated heterocycles. The van der Waals surface area contributed by atoms with Crippen molar-refractivity contribution in [2.75, 3.05) is 9.86 Å². The molecule has 0 unspecified atom stereocenters. The molecule has 3 heteroatoms. The molecule has 0 fully saturated rings. The van der Waals surface area contributed by atoms with E-state index in [1.807, 2.05) is 18.7 Å². The van der Waals surface area contributed by atoms with Crippen LogP contribution in [-0.4, -0.2) is 17.6 Å². The second-order valence-corrected chi connectivity index (χ2v) is 6.82. The summed E-state index contributed by atoms with van der Waals surface area (Å²) in [5.41, 5.74) is 0. The van der Waals surface area contributed by atoms with E-state index in [4.69, 9.17) is 0 Å². The average Bonchev–Trinajstić information content (AvgIpc) is 2.12. The zero-order valence-corrected chi connectivity index (χ0v) is 7.16. The number of alkyl halides is 2. The van der Waals surface area contributed by atoms with E-state index in [9.17, 15) is 0 Å². The molecule has 0 aromatic carbocycles. The van der Waals surface area contributed by atoms with Crippen LogP contribution in [0.5, 0.6) is 0 Å². The van der Waals surface area contributed by atoms with Gasteiger partial charge < -0.3 is 0 Å². The summed E-state index contributed by atoms with van der Waals surface area (Å²) in [6.07, 6.45) is 5.76.